The van der Waals surface area contributed by atoms with Gasteiger partial charge in [0.05, 0.1) is 12.1 Å². The van der Waals surface area contributed by atoms with Crippen molar-refractivity contribution in [2.45, 2.75) is 78.7 Å². The molecule has 0 radical (unpaired) electrons. The predicted octanol–water partition coefficient (Wildman–Crippen LogP) is 5.59. The number of fused-ring (bicyclic) bond motifs is 1. The smallest absolute Gasteiger partial charge is 0.224 e. The van der Waals surface area contributed by atoms with Gasteiger partial charge in [0.25, 0.3) is 0 Å². The molecule has 7 rings (SSSR count). The molecule has 1 N–H and O–H groups in total. The van der Waals surface area contributed by atoms with Crippen LogP contribution in [0, 0.1) is 43.9 Å². The SMILES string of the molecule is Cc1nc2c(-c3ccccc3)c(C)nn2c(C)c1CC(=O)N[C@@H](C)C12CC3CC(CC(C3)C1)C2. The molecule has 2 aromatic heterocycles. The summed E-state index contributed by atoms with van der Waals surface area (Å²) in [6.45, 7) is 8.38. The molecule has 5 nitrogen and oxygen atoms in total. The minimum absolute atomic E-state index is 0.114. The second-order valence-corrected chi connectivity index (χ2v) is 11.6. The molecule has 3 aromatic rings. The highest BCUT2D eigenvalue weighted by Crippen LogP contribution is 2.61. The Morgan fingerprint density at radius 3 is 2.26 bits per heavy atom. The molecule has 178 valence electrons. The van der Waals surface area contributed by atoms with Crippen molar-refractivity contribution in [2.75, 3.05) is 0 Å². The Morgan fingerprint density at radius 2 is 1.65 bits per heavy atom. The topological polar surface area (TPSA) is 59.3 Å². The number of carbonyl (C=O) groups is 1. The molecule has 0 saturated heterocycles. The van der Waals surface area contributed by atoms with Crippen LogP contribution in [-0.4, -0.2) is 26.5 Å². The van der Waals surface area contributed by atoms with E-state index in [0.717, 1.165) is 57.2 Å². The van der Waals surface area contributed by atoms with E-state index < -0.39 is 0 Å². The number of nitrogens with one attached hydrogen (secondary N) is 1. The summed E-state index contributed by atoms with van der Waals surface area (Å²) >= 11 is 0. The van der Waals surface area contributed by atoms with Gasteiger partial charge in [-0.25, -0.2) is 9.50 Å². The van der Waals surface area contributed by atoms with Gasteiger partial charge in [0.1, 0.15) is 0 Å². The Hall–Kier alpha value is -2.69. The third kappa shape index (κ3) is 3.47. The Bertz CT molecular complexity index is 1220. The molecule has 0 unspecified atom stereocenters. The van der Waals surface area contributed by atoms with Gasteiger partial charge >= 0.3 is 0 Å². The quantitative estimate of drug-likeness (QED) is 0.545. The molecule has 1 atom stereocenters. The van der Waals surface area contributed by atoms with Crippen molar-refractivity contribution in [3.8, 4) is 11.1 Å². The predicted molar refractivity (Wildman–Crippen MR) is 135 cm³/mol. The van der Waals surface area contributed by atoms with Crippen molar-refractivity contribution in [3.63, 3.8) is 0 Å². The monoisotopic (exact) mass is 456 g/mol. The molecule has 5 heteroatoms. The summed E-state index contributed by atoms with van der Waals surface area (Å²) in [5.74, 6) is 2.79. The van der Waals surface area contributed by atoms with Crippen LogP contribution in [0.3, 0.4) is 0 Å². The Balaban J connectivity index is 1.25. The van der Waals surface area contributed by atoms with Gasteiger partial charge in [-0.2, -0.15) is 5.10 Å². The van der Waals surface area contributed by atoms with E-state index in [1.807, 2.05) is 36.6 Å². The lowest BCUT2D eigenvalue weighted by atomic mass is 9.48. The van der Waals surface area contributed by atoms with Crippen molar-refractivity contribution in [1.29, 1.82) is 0 Å². The summed E-state index contributed by atoms with van der Waals surface area (Å²) in [5.41, 5.74) is 7.24. The lowest BCUT2D eigenvalue weighted by molar-refractivity contribution is -0.125. The molecule has 34 heavy (non-hydrogen) atoms. The fourth-order valence-corrected chi connectivity index (χ4v) is 7.98. The number of benzene rings is 1. The lowest BCUT2D eigenvalue weighted by Crippen LogP contribution is -2.56. The Morgan fingerprint density at radius 1 is 1.03 bits per heavy atom. The minimum Gasteiger partial charge on any atom is -0.353 e. The number of hydrogen-bond donors (Lipinski definition) is 1. The first-order valence-corrected chi connectivity index (χ1v) is 13.0. The van der Waals surface area contributed by atoms with Crippen LogP contribution in [0.2, 0.25) is 0 Å². The van der Waals surface area contributed by atoms with E-state index in [1.165, 1.54) is 38.5 Å². The molecule has 1 amide bonds. The fraction of sp³-hybridized carbons (Fsp3) is 0.552. The highest BCUT2D eigenvalue weighted by Gasteiger charge is 2.53. The summed E-state index contributed by atoms with van der Waals surface area (Å²) < 4.78 is 1.93. The highest BCUT2D eigenvalue weighted by atomic mass is 16.1. The van der Waals surface area contributed by atoms with E-state index in [2.05, 4.69) is 31.3 Å². The number of nitrogens with zero attached hydrogens (tertiary/aromatic N) is 3. The number of aromatic nitrogens is 3. The second-order valence-electron chi connectivity index (χ2n) is 11.6. The van der Waals surface area contributed by atoms with E-state index in [1.54, 1.807) is 0 Å². The molecule has 4 bridgehead atoms. The molecule has 4 aliphatic carbocycles. The summed E-state index contributed by atoms with van der Waals surface area (Å²) in [5, 5.41) is 8.24. The van der Waals surface area contributed by atoms with Gasteiger partial charge in [-0.15, -0.1) is 0 Å². The van der Waals surface area contributed by atoms with E-state index in [-0.39, 0.29) is 11.9 Å². The van der Waals surface area contributed by atoms with E-state index in [9.17, 15) is 4.79 Å². The third-order valence-electron chi connectivity index (χ3n) is 9.28. The second kappa shape index (κ2) is 7.93. The molecule has 2 heterocycles. The van der Waals surface area contributed by atoms with Gasteiger partial charge in [-0.05, 0) is 95.0 Å². The number of rotatable bonds is 5. The Labute approximate surface area is 202 Å². The number of hydrogen-bond acceptors (Lipinski definition) is 3. The van der Waals surface area contributed by atoms with Crippen LogP contribution in [0.4, 0.5) is 0 Å². The molecule has 4 fully saturated rings. The first-order valence-electron chi connectivity index (χ1n) is 13.0. The van der Waals surface area contributed by atoms with Gasteiger partial charge < -0.3 is 5.32 Å². The van der Waals surface area contributed by atoms with E-state index in [4.69, 9.17) is 10.1 Å². The van der Waals surface area contributed by atoms with E-state index in [0.29, 0.717) is 11.8 Å². The first kappa shape index (κ1) is 21.8. The Kier molecular flexibility index (Phi) is 5.09. The maximum atomic E-state index is 13.3. The van der Waals surface area contributed by atoms with E-state index >= 15 is 0 Å². The molecule has 0 spiro atoms. The standard InChI is InChI=1S/C29H36N4O/c1-17-25(19(3)33-28(30-17)27(18(2)32-33)24-8-6-5-7-9-24)13-26(34)31-20(4)29-14-21-10-22(15-29)12-23(11-21)16-29/h5-9,20-23H,10-16H2,1-4H3,(H,31,34)/t20-,21?,22?,23?,29?/m0/s1. The van der Waals surface area contributed by atoms with Crippen LogP contribution in [0.15, 0.2) is 30.3 Å². The van der Waals surface area contributed by atoms with Gasteiger partial charge in [-0.3, -0.25) is 4.79 Å². The maximum Gasteiger partial charge on any atom is 0.224 e. The summed E-state index contributed by atoms with van der Waals surface area (Å²) in [4.78, 5) is 18.2. The molecule has 4 aliphatic rings. The molecule has 1 aromatic carbocycles. The third-order valence-corrected chi connectivity index (χ3v) is 9.28. The zero-order valence-corrected chi connectivity index (χ0v) is 20.9. The van der Waals surface area contributed by atoms with Crippen molar-refractivity contribution in [2.24, 2.45) is 23.2 Å². The lowest BCUT2D eigenvalue weighted by Gasteiger charge is -2.59. The molecular weight excluding hydrogens is 420 g/mol. The number of amides is 1. The van der Waals surface area contributed by atoms with Crippen LogP contribution in [-0.2, 0) is 11.2 Å². The van der Waals surface area contributed by atoms with Crippen molar-refractivity contribution in [1.82, 2.24) is 19.9 Å². The average Bonchev–Trinajstić information content (AvgIpc) is 3.12. The van der Waals surface area contributed by atoms with Crippen LogP contribution in [0.5, 0.6) is 0 Å². The van der Waals surface area contributed by atoms with Crippen molar-refractivity contribution in [3.05, 3.63) is 53.0 Å². The minimum atomic E-state index is 0.114. The van der Waals surface area contributed by atoms with Gasteiger partial charge in [-0.1, -0.05) is 30.3 Å². The zero-order valence-electron chi connectivity index (χ0n) is 20.9. The van der Waals surface area contributed by atoms with Crippen molar-refractivity contribution >= 4 is 11.6 Å². The highest BCUT2D eigenvalue weighted by molar-refractivity contribution is 5.82. The molecule has 4 saturated carbocycles. The summed E-state index contributed by atoms with van der Waals surface area (Å²) in [6, 6.07) is 10.5. The van der Waals surface area contributed by atoms with Crippen molar-refractivity contribution < 1.29 is 4.79 Å². The normalized spacial score (nSPS) is 28.4. The number of carbonyl (C=O) groups excluding carboxylic acids is 1. The van der Waals surface area contributed by atoms with Gasteiger partial charge in [0.15, 0.2) is 5.65 Å². The molecular formula is C29H36N4O. The largest absolute Gasteiger partial charge is 0.353 e. The van der Waals surface area contributed by atoms with Crippen LogP contribution in [0.1, 0.15) is 68.1 Å². The maximum absolute atomic E-state index is 13.3. The van der Waals surface area contributed by atoms with Crippen LogP contribution in [0.25, 0.3) is 16.8 Å². The first-order chi connectivity index (χ1) is 16.3. The summed E-state index contributed by atoms with van der Waals surface area (Å²) in [6.07, 6.45) is 8.56. The van der Waals surface area contributed by atoms with Crippen LogP contribution < -0.4 is 5.32 Å². The number of aryl methyl sites for hydroxylation is 3. The summed E-state index contributed by atoms with van der Waals surface area (Å²) in [7, 11) is 0. The fourth-order valence-electron chi connectivity index (χ4n) is 7.98. The average molecular weight is 457 g/mol. The van der Waals surface area contributed by atoms with Gasteiger partial charge in [0.2, 0.25) is 5.91 Å². The van der Waals surface area contributed by atoms with Crippen LogP contribution >= 0.6 is 0 Å². The van der Waals surface area contributed by atoms with Gasteiger partial charge in [0, 0.05) is 28.6 Å². The molecule has 0 aliphatic heterocycles. The zero-order chi connectivity index (χ0) is 23.6.